The lowest BCUT2D eigenvalue weighted by Gasteiger charge is -2.16. The first-order valence-corrected chi connectivity index (χ1v) is 7.32. The zero-order valence-corrected chi connectivity index (χ0v) is 12.6. The fourth-order valence-corrected chi connectivity index (χ4v) is 2.98. The van der Waals surface area contributed by atoms with Crippen LogP contribution in [-0.2, 0) is 6.42 Å². The van der Waals surface area contributed by atoms with Crippen LogP contribution < -0.4 is 15.2 Å². The highest BCUT2D eigenvalue weighted by molar-refractivity contribution is 5.46. The maximum atomic E-state index is 6.00. The quantitative estimate of drug-likeness (QED) is 0.936. The normalized spacial score (nSPS) is 14.2. The summed E-state index contributed by atoms with van der Waals surface area (Å²) in [6.07, 6.45) is 0.943. The molecule has 0 saturated carbocycles. The van der Waals surface area contributed by atoms with Crippen molar-refractivity contribution >= 4 is 0 Å². The van der Waals surface area contributed by atoms with Gasteiger partial charge in [0.1, 0.15) is 0 Å². The predicted molar refractivity (Wildman–Crippen MR) is 84.0 cm³/mol. The number of nitrogens with two attached hydrogens (primary N) is 1. The minimum Gasteiger partial charge on any atom is -0.454 e. The number of rotatable bonds is 4. The molecule has 0 aliphatic carbocycles. The zero-order valence-electron chi connectivity index (χ0n) is 12.6. The average Bonchev–Trinajstić information content (AvgIpc) is 2.91. The van der Waals surface area contributed by atoms with E-state index in [0.29, 0.717) is 19.3 Å². The summed E-state index contributed by atoms with van der Waals surface area (Å²) < 4.78 is 10.8. The summed E-state index contributed by atoms with van der Waals surface area (Å²) in [6.45, 7) is 5.19. The summed E-state index contributed by atoms with van der Waals surface area (Å²) in [5.41, 5.74) is 11.1. The second kappa shape index (κ2) is 5.78. The van der Waals surface area contributed by atoms with Gasteiger partial charge in [-0.2, -0.15) is 0 Å². The number of aryl methyl sites for hydroxylation is 2. The standard InChI is InChI=1S/C18H21NO2/c1-12-5-13(2)7-14(6-12)8-16(10-19)15-3-4-17-18(9-15)21-11-20-17/h3-7,9,16H,8,10-11,19H2,1-2H3. The Morgan fingerprint density at radius 2 is 1.71 bits per heavy atom. The molecule has 0 aromatic heterocycles. The maximum absolute atomic E-state index is 6.00. The fraction of sp³-hybridized carbons (Fsp3) is 0.333. The van der Waals surface area contributed by atoms with E-state index in [1.54, 1.807) is 0 Å². The number of ether oxygens (including phenoxy) is 2. The van der Waals surface area contributed by atoms with Crippen molar-refractivity contribution in [3.8, 4) is 11.5 Å². The van der Waals surface area contributed by atoms with Gasteiger partial charge < -0.3 is 15.2 Å². The molecule has 21 heavy (non-hydrogen) atoms. The Hall–Kier alpha value is -2.00. The van der Waals surface area contributed by atoms with Crippen molar-refractivity contribution in [1.82, 2.24) is 0 Å². The average molecular weight is 283 g/mol. The van der Waals surface area contributed by atoms with Crippen LogP contribution in [0.15, 0.2) is 36.4 Å². The minimum absolute atomic E-state index is 0.292. The molecule has 1 aliphatic rings. The Kier molecular flexibility index (Phi) is 3.84. The highest BCUT2D eigenvalue weighted by atomic mass is 16.7. The van der Waals surface area contributed by atoms with Gasteiger partial charge in [-0.1, -0.05) is 35.4 Å². The van der Waals surface area contributed by atoms with Crippen molar-refractivity contribution in [3.05, 3.63) is 58.7 Å². The summed E-state index contributed by atoms with van der Waals surface area (Å²) in [7, 11) is 0. The first kappa shape index (κ1) is 14.0. The van der Waals surface area contributed by atoms with Gasteiger partial charge in [-0.3, -0.25) is 0 Å². The lowest BCUT2D eigenvalue weighted by molar-refractivity contribution is 0.174. The van der Waals surface area contributed by atoms with Crippen molar-refractivity contribution in [3.63, 3.8) is 0 Å². The van der Waals surface area contributed by atoms with Crippen molar-refractivity contribution < 1.29 is 9.47 Å². The number of fused-ring (bicyclic) bond motifs is 1. The minimum atomic E-state index is 0.292. The van der Waals surface area contributed by atoms with Crippen LogP contribution in [0.25, 0.3) is 0 Å². The molecule has 1 atom stereocenters. The molecule has 0 fully saturated rings. The monoisotopic (exact) mass is 283 g/mol. The van der Waals surface area contributed by atoms with E-state index < -0.39 is 0 Å². The largest absolute Gasteiger partial charge is 0.454 e. The Balaban J connectivity index is 1.84. The highest BCUT2D eigenvalue weighted by Gasteiger charge is 2.17. The fourth-order valence-electron chi connectivity index (χ4n) is 2.98. The van der Waals surface area contributed by atoms with Crippen LogP contribution in [0.3, 0.4) is 0 Å². The molecule has 0 spiro atoms. The van der Waals surface area contributed by atoms with Gasteiger partial charge in [-0.25, -0.2) is 0 Å². The molecule has 1 aliphatic heterocycles. The maximum Gasteiger partial charge on any atom is 0.231 e. The van der Waals surface area contributed by atoms with Crippen LogP contribution in [0, 0.1) is 13.8 Å². The van der Waals surface area contributed by atoms with Crippen molar-refractivity contribution in [2.24, 2.45) is 5.73 Å². The molecule has 3 rings (SSSR count). The molecular formula is C18H21NO2. The summed E-state index contributed by atoms with van der Waals surface area (Å²) in [6, 6.07) is 12.8. The predicted octanol–water partition coefficient (Wildman–Crippen LogP) is 3.32. The van der Waals surface area contributed by atoms with Gasteiger partial charge in [0.15, 0.2) is 11.5 Å². The summed E-state index contributed by atoms with van der Waals surface area (Å²) in [4.78, 5) is 0. The highest BCUT2D eigenvalue weighted by Crippen LogP contribution is 2.35. The number of hydrogen-bond acceptors (Lipinski definition) is 3. The second-order valence-electron chi connectivity index (χ2n) is 5.75. The van der Waals surface area contributed by atoms with E-state index in [0.717, 1.165) is 17.9 Å². The summed E-state index contributed by atoms with van der Waals surface area (Å²) in [5, 5.41) is 0. The van der Waals surface area contributed by atoms with E-state index >= 15 is 0 Å². The van der Waals surface area contributed by atoms with Crippen molar-refractivity contribution in [1.29, 1.82) is 0 Å². The first-order valence-electron chi connectivity index (χ1n) is 7.32. The molecule has 1 unspecified atom stereocenters. The molecule has 0 bridgehead atoms. The molecule has 1 heterocycles. The summed E-state index contributed by atoms with van der Waals surface area (Å²) in [5.74, 6) is 1.94. The Bertz CT molecular complexity index is 631. The van der Waals surface area contributed by atoms with E-state index in [1.165, 1.54) is 22.3 Å². The third-order valence-corrected chi connectivity index (χ3v) is 3.92. The molecule has 0 saturated heterocycles. The molecule has 2 aromatic carbocycles. The van der Waals surface area contributed by atoms with Crippen LogP contribution in [0.5, 0.6) is 11.5 Å². The van der Waals surface area contributed by atoms with Gasteiger partial charge in [0.25, 0.3) is 0 Å². The SMILES string of the molecule is Cc1cc(C)cc(CC(CN)c2ccc3c(c2)OCO3)c1. The van der Waals surface area contributed by atoms with Gasteiger partial charge in [0, 0.05) is 5.92 Å². The zero-order chi connectivity index (χ0) is 14.8. The van der Waals surface area contributed by atoms with Crippen molar-refractivity contribution in [2.75, 3.05) is 13.3 Å². The van der Waals surface area contributed by atoms with E-state index in [9.17, 15) is 0 Å². The van der Waals surface area contributed by atoms with Crippen LogP contribution in [-0.4, -0.2) is 13.3 Å². The van der Waals surface area contributed by atoms with E-state index in [2.05, 4.69) is 44.2 Å². The molecular weight excluding hydrogens is 262 g/mol. The lowest BCUT2D eigenvalue weighted by Crippen LogP contribution is -2.15. The first-order chi connectivity index (χ1) is 10.2. The number of hydrogen-bond donors (Lipinski definition) is 1. The topological polar surface area (TPSA) is 44.5 Å². The Morgan fingerprint density at radius 3 is 2.43 bits per heavy atom. The Morgan fingerprint density at radius 1 is 1.00 bits per heavy atom. The lowest BCUT2D eigenvalue weighted by atomic mass is 9.90. The van der Waals surface area contributed by atoms with Gasteiger partial charge in [0.2, 0.25) is 6.79 Å². The third-order valence-electron chi connectivity index (χ3n) is 3.92. The molecule has 0 radical (unpaired) electrons. The molecule has 2 aromatic rings. The van der Waals surface area contributed by atoms with Crippen LogP contribution >= 0.6 is 0 Å². The van der Waals surface area contributed by atoms with E-state index in [-0.39, 0.29) is 0 Å². The third kappa shape index (κ3) is 3.03. The molecule has 110 valence electrons. The Labute approximate surface area is 125 Å². The van der Waals surface area contributed by atoms with Crippen molar-refractivity contribution in [2.45, 2.75) is 26.2 Å². The van der Waals surface area contributed by atoms with Crippen LogP contribution in [0.4, 0.5) is 0 Å². The number of benzene rings is 2. The van der Waals surface area contributed by atoms with Crippen LogP contribution in [0.1, 0.15) is 28.2 Å². The van der Waals surface area contributed by atoms with Gasteiger partial charge in [0.05, 0.1) is 0 Å². The van der Waals surface area contributed by atoms with E-state index in [4.69, 9.17) is 15.2 Å². The van der Waals surface area contributed by atoms with E-state index in [1.807, 2.05) is 6.07 Å². The van der Waals surface area contributed by atoms with Gasteiger partial charge >= 0.3 is 0 Å². The molecule has 3 heteroatoms. The summed E-state index contributed by atoms with van der Waals surface area (Å²) >= 11 is 0. The van der Waals surface area contributed by atoms with Gasteiger partial charge in [-0.15, -0.1) is 0 Å². The molecule has 0 amide bonds. The van der Waals surface area contributed by atoms with Gasteiger partial charge in [-0.05, 0) is 50.1 Å². The molecule has 2 N–H and O–H groups in total. The van der Waals surface area contributed by atoms with Crippen LogP contribution in [0.2, 0.25) is 0 Å². The molecule has 3 nitrogen and oxygen atoms in total. The smallest absolute Gasteiger partial charge is 0.231 e. The second-order valence-corrected chi connectivity index (χ2v) is 5.75.